The molecule has 0 N–H and O–H groups in total. The van der Waals surface area contributed by atoms with Crippen LogP contribution < -0.4 is 0 Å². The molecule has 1 nitrogen and oxygen atoms in total. The molecule has 0 aromatic carbocycles. The van der Waals surface area contributed by atoms with Crippen molar-refractivity contribution < 1.29 is 4.79 Å². The lowest BCUT2D eigenvalue weighted by Crippen LogP contribution is -2.01. The molecule has 0 aromatic heterocycles. The van der Waals surface area contributed by atoms with E-state index >= 15 is 0 Å². The minimum absolute atomic E-state index is 0.313. The molecule has 1 saturated carbocycles. The summed E-state index contributed by atoms with van der Waals surface area (Å²) in [4.78, 5) is 10.6. The van der Waals surface area contributed by atoms with E-state index in [2.05, 4.69) is 0 Å². The van der Waals surface area contributed by atoms with Gasteiger partial charge in [-0.2, -0.15) is 11.8 Å². The van der Waals surface area contributed by atoms with Gasteiger partial charge >= 0.3 is 0 Å². The molecule has 0 unspecified atom stereocenters. The summed E-state index contributed by atoms with van der Waals surface area (Å²) in [6.07, 6.45) is 5.60. The Morgan fingerprint density at radius 1 is 1.45 bits per heavy atom. The zero-order valence-corrected chi connectivity index (χ0v) is 7.95. The SMILES string of the molecule is CC(=O)CSCC1CCCC1. The van der Waals surface area contributed by atoms with Crippen LogP contribution >= 0.6 is 11.8 Å². The predicted octanol–water partition coefficient (Wildman–Crippen LogP) is 2.50. The molecule has 0 amide bonds. The Morgan fingerprint density at radius 3 is 2.64 bits per heavy atom. The van der Waals surface area contributed by atoms with Gasteiger partial charge in [0, 0.05) is 0 Å². The molecule has 0 heterocycles. The highest BCUT2D eigenvalue weighted by molar-refractivity contribution is 7.99. The minimum Gasteiger partial charge on any atom is -0.299 e. The monoisotopic (exact) mass is 172 g/mol. The Bertz CT molecular complexity index is 128. The van der Waals surface area contributed by atoms with Crippen molar-refractivity contribution in [2.45, 2.75) is 32.6 Å². The fraction of sp³-hybridized carbons (Fsp3) is 0.889. The van der Waals surface area contributed by atoms with E-state index in [1.165, 1.54) is 31.4 Å². The highest BCUT2D eigenvalue weighted by Crippen LogP contribution is 2.27. The van der Waals surface area contributed by atoms with Crippen LogP contribution in [0.25, 0.3) is 0 Å². The molecule has 0 radical (unpaired) electrons. The molecule has 1 rings (SSSR count). The maximum atomic E-state index is 10.6. The van der Waals surface area contributed by atoms with Gasteiger partial charge in [-0.05, 0) is 31.4 Å². The first-order chi connectivity index (χ1) is 5.29. The number of ketones is 1. The van der Waals surface area contributed by atoms with Crippen LogP contribution in [0.15, 0.2) is 0 Å². The molecule has 1 aliphatic rings. The summed E-state index contributed by atoms with van der Waals surface area (Å²) in [5.74, 6) is 3.16. The van der Waals surface area contributed by atoms with Crippen LogP contribution in [0.1, 0.15) is 32.6 Å². The Labute approximate surface area is 72.9 Å². The second-order valence-electron chi connectivity index (χ2n) is 3.37. The third-order valence-electron chi connectivity index (χ3n) is 2.13. The third-order valence-corrected chi connectivity index (χ3v) is 3.45. The van der Waals surface area contributed by atoms with Gasteiger partial charge in [0.1, 0.15) is 5.78 Å². The number of rotatable bonds is 4. The first-order valence-electron chi connectivity index (χ1n) is 4.36. The van der Waals surface area contributed by atoms with Gasteiger partial charge in [0.2, 0.25) is 0 Å². The summed E-state index contributed by atoms with van der Waals surface area (Å²) in [6.45, 7) is 1.67. The Kier molecular flexibility index (Phi) is 3.98. The predicted molar refractivity (Wildman–Crippen MR) is 50.0 cm³/mol. The van der Waals surface area contributed by atoms with Crippen molar-refractivity contribution in [2.75, 3.05) is 11.5 Å². The van der Waals surface area contributed by atoms with Gasteiger partial charge in [0.15, 0.2) is 0 Å². The van der Waals surface area contributed by atoms with Crippen LogP contribution in [0.5, 0.6) is 0 Å². The number of carbonyl (C=O) groups is 1. The Balaban J connectivity index is 1.98. The van der Waals surface area contributed by atoms with Gasteiger partial charge in [-0.3, -0.25) is 4.79 Å². The van der Waals surface area contributed by atoms with Gasteiger partial charge in [-0.25, -0.2) is 0 Å². The standard InChI is InChI=1S/C9H16OS/c1-8(10)6-11-7-9-4-2-3-5-9/h9H,2-7H2,1H3. The molecular formula is C9H16OS. The smallest absolute Gasteiger partial charge is 0.139 e. The van der Waals surface area contributed by atoms with E-state index in [1.54, 1.807) is 6.92 Å². The summed E-state index contributed by atoms with van der Waals surface area (Å²) in [5, 5.41) is 0. The number of Topliss-reactive ketones (excluding diaryl/α,β-unsaturated/α-hetero) is 1. The van der Waals surface area contributed by atoms with E-state index in [0.29, 0.717) is 5.78 Å². The van der Waals surface area contributed by atoms with Crippen LogP contribution in [-0.4, -0.2) is 17.3 Å². The van der Waals surface area contributed by atoms with Crippen molar-refractivity contribution >= 4 is 17.5 Å². The molecule has 1 fully saturated rings. The van der Waals surface area contributed by atoms with Gasteiger partial charge in [0.25, 0.3) is 0 Å². The summed E-state index contributed by atoms with van der Waals surface area (Å²) in [7, 11) is 0. The minimum atomic E-state index is 0.313. The quantitative estimate of drug-likeness (QED) is 0.648. The van der Waals surface area contributed by atoms with Crippen molar-refractivity contribution in [3.63, 3.8) is 0 Å². The summed E-state index contributed by atoms with van der Waals surface area (Å²) < 4.78 is 0. The van der Waals surface area contributed by atoms with E-state index < -0.39 is 0 Å². The molecule has 64 valence electrons. The van der Waals surface area contributed by atoms with Crippen molar-refractivity contribution in [1.29, 1.82) is 0 Å². The highest BCUT2D eigenvalue weighted by atomic mass is 32.2. The van der Waals surface area contributed by atoms with E-state index in [0.717, 1.165) is 11.7 Å². The maximum absolute atomic E-state index is 10.6. The van der Waals surface area contributed by atoms with Gasteiger partial charge < -0.3 is 0 Å². The van der Waals surface area contributed by atoms with E-state index in [9.17, 15) is 4.79 Å². The average Bonchev–Trinajstić information content (AvgIpc) is 2.39. The van der Waals surface area contributed by atoms with Gasteiger partial charge in [-0.1, -0.05) is 12.8 Å². The zero-order valence-electron chi connectivity index (χ0n) is 7.14. The van der Waals surface area contributed by atoms with Crippen molar-refractivity contribution in [2.24, 2.45) is 5.92 Å². The number of thioether (sulfide) groups is 1. The van der Waals surface area contributed by atoms with Crippen molar-refractivity contribution in [3.8, 4) is 0 Å². The van der Waals surface area contributed by atoms with Crippen LogP contribution in [0, 0.1) is 5.92 Å². The molecule has 2 heteroatoms. The second-order valence-corrected chi connectivity index (χ2v) is 4.40. The van der Waals surface area contributed by atoms with Crippen molar-refractivity contribution in [3.05, 3.63) is 0 Å². The lowest BCUT2D eigenvalue weighted by molar-refractivity contribution is -0.114. The fourth-order valence-corrected chi connectivity index (χ4v) is 2.62. The lowest BCUT2D eigenvalue weighted by atomic mass is 10.1. The van der Waals surface area contributed by atoms with E-state index in [4.69, 9.17) is 0 Å². The average molecular weight is 172 g/mol. The Hall–Kier alpha value is 0.0200. The second kappa shape index (κ2) is 4.81. The van der Waals surface area contributed by atoms with E-state index in [-0.39, 0.29) is 0 Å². The van der Waals surface area contributed by atoms with Crippen LogP contribution in [0.2, 0.25) is 0 Å². The van der Waals surface area contributed by atoms with Crippen LogP contribution in [0.3, 0.4) is 0 Å². The molecule has 0 saturated heterocycles. The summed E-state index contributed by atoms with van der Waals surface area (Å²) in [5.41, 5.74) is 0. The van der Waals surface area contributed by atoms with Crippen molar-refractivity contribution in [1.82, 2.24) is 0 Å². The number of carbonyl (C=O) groups excluding carboxylic acids is 1. The summed E-state index contributed by atoms with van der Waals surface area (Å²) in [6, 6.07) is 0. The highest BCUT2D eigenvalue weighted by Gasteiger charge is 2.14. The van der Waals surface area contributed by atoms with Gasteiger partial charge in [0.05, 0.1) is 5.75 Å². The normalized spacial score (nSPS) is 19.0. The molecule has 11 heavy (non-hydrogen) atoms. The first kappa shape index (κ1) is 9.11. The molecule has 1 aliphatic carbocycles. The summed E-state index contributed by atoms with van der Waals surface area (Å²) >= 11 is 1.81. The van der Waals surface area contributed by atoms with E-state index in [1.807, 2.05) is 11.8 Å². The molecule has 0 bridgehead atoms. The third kappa shape index (κ3) is 3.80. The van der Waals surface area contributed by atoms with Gasteiger partial charge in [-0.15, -0.1) is 0 Å². The molecule has 0 aliphatic heterocycles. The number of hydrogen-bond acceptors (Lipinski definition) is 2. The molecule has 0 aromatic rings. The topological polar surface area (TPSA) is 17.1 Å². The van der Waals surface area contributed by atoms with Crippen LogP contribution in [-0.2, 0) is 4.79 Å². The number of hydrogen-bond donors (Lipinski definition) is 0. The largest absolute Gasteiger partial charge is 0.299 e. The Morgan fingerprint density at radius 2 is 2.09 bits per heavy atom. The zero-order chi connectivity index (χ0) is 8.10. The first-order valence-corrected chi connectivity index (χ1v) is 5.51. The lowest BCUT2D eigenvalue weighted by Gasteiger charge is -2.05. The molecule has 0 atom stereocenters. The van der Waals surface area contributed by atoms with Crippen LogP contribution in [0.4, 0.5) is 0 Å². The molecular weight excluding hydrogens is 156 g/mol. The molecule has 0 spiro atoms. The fourth-order valence-electron chi connectivity index (χ4n) is 1.55. The maximum Gasteiger partial charge on any atom is 0.139 e.